The molecule has 25 heavy (non-hydrogen) atoms. The van der Waals surface area contributed by atoms with Gasteiger partial charge in [-0.1, -0.05) is 26.0 Å². The van der Waals surface area contributed by atoms with Crippen LogP contribution in [0.1, 0.15) is 32.3 Å². The second-order valence-corrected chi connectivity index (χ2v) is 7.11. The van der Waals surface area contributed by atoms with Crippen molar-refractivity contribution in [2.45, 2.75) is 39.0 Å². The molecule has 1 aromatic rings. The summed E-state index contributed by atoms with van der Waals surface area (Å²) >= 11 is 0. The van der Waals surface area contributed by atoms with Gasteiger partial charge in [-0.05, 0) is 23.6 Å². The van der Waals surface area contributed by atoms with E-state index >= 15 is 0 Å². The van der Waals surface area contributed by atoms with E-state index in [9.17, 15) is 4.79 Å². The van der Waals surface area contributed by atoms with Crippen LogP contribution in [-0.2, 0) is 16.0 Å². The first kappa shape index (κ1) is 18.0. The number of rotatable bonds is 5. The topological polar surface area (TPSA) is 60.0 Å². The van der Waals surface area contributed by atoms with E-state index in [4.69, 9.17) is 14.2 Å². The zero-order valence-electron chi connectivity index (χ0n) is 15.1. The Morgan fingerprint density at radius 1 is 1.28 bits per heavy atom. The zero-order valence-corrected chi connectivity index (χ0v) is 15.1. The molecule has 2 heterocycles. The number of piperidine rings is 1. The van der Waals surface area contributed by atoms with Crippen molar-refractivity contribution in [2.75, 3.05) is 32.9 Å². The van der Waals surface area contributed by atoms with Crippen LogP contribution in [0.25, 0.3) is 0 Å². The molecule has 0 aromatic heterocycles. The van der Waals surface area contributed by atoms with Gasteiger partial charge in [0, 0.05) is 32.5 Å². The molecule has 0 bridgehead atoms. The smallest absolute Gasteiger partial charge is 0.317 e. The molecule has 1 spiro atoms. The second-order valence-electron chi connectivity index (χ2n) is 7.11. The van der Waals surface area contributed by atoms with E-state index in [-0.39, 0.29) is 6.03 Å². The number of hydrogen-bond acceptors (Lipinski definition) is 4. The van der Waals surface area contributed by atoms with Crippen molar-refractivity contribution in [2.24, 2.45) is 5.92 Å². The lowest BCUT2D eigenvalue weighted by Crippen LogP contribution is -2.50. The Morgan fingerprint density at radius 2 is 2.00 bits per heavy atom. The van der Waals surface area contributed by atoms with Crippen molar-refractivity contribution in [1.29, 1.82) is 0 Å². The Hall–Kier alpha value is -1.79. The van der Waals surface area contributed by atoms with Gasteiger partial charge in [0.1, 0.15) is 5.75 Å². The average Bonchev–Trinajstić information content (AvgIpc) is 3.07. The lowest BCUT2D eigenvalue weighted by molar-refractivity contribution is -0.181. The molecule has 2 saturated heterocycles. The monoisotopic (exact) mass is 348 g/mol. The summed E-state index contributed by atoms with van der Waals surface area (Å²) in [7, 11) is 0. The van der Waals surface area contributed by atoms with Crippen LogP contribution in [0, 0.1) is 5.92 Å². The molecule has 1 N–H and O–H groups in total. The molecule has 0 radical (unpaired) electrons. The van der Waals surface area contributed by atoms with E-state index in [1.807, 2.05) is 29.2 Å². The summed E-state index contributed by atoms with van der Waals surface area (Å²) in [4.78, 5) is 14.2. The SMILES string of the molecule is CC(C)COc1cccc(CNC(=O)N2CCC3(CC2)OCCO3)c1. The predicted octanol–water partition coefficient (Wildman–Crippen LogP) is 2.77. The molecule has 0 atom stereocenters. The molecule has 138 valence electrons. The summed E-state index contributed by atoms with van der Waals surface area (Å²) < 4.78 is 17.1. The van der Waals surface area contributed by atoms with Crippen molar-refractivity contribution in [3.8, 4) is 5.75 Å². The molecule has 2 amide bonds. The van der Waals surface area contributed by atoms with Gasteiger partial charge in [-0.2, -0.15) is 0 Å². The molecule has 0 aliphatic carbocycles. The van der Waals surface area contributed by atoms with Crippen LogP contribution in [0.3, 0.4) is 0 Å². The minimum absolute atomic E-state index is 0.0404. The molecule has 2 aliphatic heterocycles. The third kappa shape index (κ3) is 4.86. The number of ether oxygens (including phenoxy) is 3. The normalized spacial score (nSPS) is 19.4. The summed E-state index contributed by atoms with van der Waals surface area (Å²) in [5.41, 5.74) is 1.03. The first-order valence-electron chi connectivity index (χ1n) is 9.09. The van der Waals surface area contributed by atoms with Crippen LogP contribution in [0.5, 0.6) is 5.75 Å². The fourth-order valence-electron chi connectivity index (χ4n) is 3.13. The van der Waals surface area contributed by atoms with Crippen LogP contribution in [0.2, 0.25) is 0 Å². The number of hydrogen-bond donors (Lipinski definition) is 1. The van der Waals surface area contributed by atoms with Crippen molar-refractivity contribution in [3.05, 3.63) is 29.8 Å². The molecule has 2 fully saturated rings. The fraction of sp³-hybridized carbons (Fsp3) is 0.632. The van der Waals surface area contributed by atoms with Crippen LogP contribution in [0.4, 0.5) is 4.79 Å². The Labute approximate surface area is 149 Å². The lowest BCUT2D eigenvalue weighted by atomic mass is 10.0. The Bertz CT molecular complexity index is 575. The summed E-state index contributed by atoms with van der Waals surface area (Å²) in [5.74, 6) is 0.883. The zero-order chi connectivity index (χ0) is 17.7. The number of likely N-dealkylation sites (tertiary alicyclic amines) is 1. The molecular weight excluding hydrogens is 320 g/mol. The lowest BCUT2D eigenvalue weighted by Gasteiger charge is -2.37. The van der Waals surface area contributed by atoms with Crippen LogP contribution in [0.15, 0.2) is 24.3 Å². The van der Waals surface area contributed by atoms with Crippen LogP contribution < -0.4 is 10.1 Å². The number of nitrogens with zero attached hydrogens (tertiary/aromatic N) is 1. The van der Waals surface area contributed by atoms with E-state index < -0.39 is 5.79 Å². The highest BCUT2D eigenvalue weighted by Gasteiger charge is 2.40. The van der Waals surface area contributed by atoms with E-state index in [0.717, 1.165) is 24.2 Å². The average molecular weight is 348 g/mol. The quantitative estimate of drug-likeness (QED) is 0.889. The van der Waals surface area contributed by atoms with Crippen LogP contribution >= 0.6 is 0 Å². The number of benzene rings is 1. The minimum atomic E-state index is -0.446. The largest absolute Gasteiger partial charge is 0.493 e. The maximum Gasteiger partial charge on any atom is 0.317 e. The van der Waals surface area contributed by atoms with Crippen molar-refractivity contribution in [3.63, 3.8) is 0 Å². The number of nitrogens with one attached hydrogen (secondary N) is 1. The van der Waals surface area contributed by atoms with E-state index in [1.54, 1.807) is 0 Å². The third-order valence-electron chi connectivity index (χ3n) is 4.55. The summed E-state index contributed by atoms with van der Waals surface area (Å²) in [6.07, 6.45) is 1.47. The number of urea groups is 1. The minimum Gasteiger partial charge on any atom is -0.493 e. The van der Waals surface area contributed by atoms with Gasteiger partial charge in [0.05, 0.1) is 19.8 Å². The van der Waals surface area contributed by atoms with Gasteiger partial charge < -0.3 is 24.4 Å². The second kappa shape index (κ2) is 8.06. The molecule has 1 aromatic carbocycles. The van der Waals surface area contributed by atoms with Crippen LogP contribution in [-0.4, -0.2) is 49.6 Å². The summed E-state index contributed by atoms with van der Waals surface area (Å²) in [5, 5.41) is 2.99. The number of carbonyl (C=O) groups excluding carboxylic acids is 1. The van der Waals surface area contributed by atoms with Gasteiger partial charge >= 0.3 is 6.03 Å². The Kier molecular flexibility index (Phi) is 5.81. The van der Waals surface area contributed by atoms with E-state index in [0.29, 0.717) is 45.4 Å². The standard InChI is InChI=1S/C19H28N2O4/c1-15(2)14-23-17-5-3-4-16(12-17)13-20-18(22)21-8-6-19(7-9-21)24-10-11-25-19/h3-5,12,15H,6-11,13-14H2,1-2H3,(H,20,22). The molecule has 6 heteroatoms. The Morgan fingerprint density at radius 3 is 2.68 bits per heavy atom. The van der Waals surface area contributed by atoms with Gasteiger partial charge in [0.15, 0.2) is 5.79 Å². The van der Waals surface area contributed by atoms with Gasteiger partial charge in [-0.25, -0.2) is 4.79 Å². The highest BCUT2D eigenvalue weighted by Crippen LogP contribution is 2.31. The van der Waals surface area contributed by atoms with E-state index in [2.05, 4.69) is 19.2 Å². The van der Waals surface area contributed by atoms with Crippen molar-refractivity contribution >= 4 is 6.03 Å². The first-order valence-corrected chi connectivity index (χ1v) is 9.09. The highest BCUT2D eigenvalue weighted by molar-refractivity contribution is 5.74. The first-order chi connectivity index (χ1) is 12.1. The molecule has 3 rings (SSSR count). The molecule has 0 unspecified atom stereocenters. The molecule has 2 aliphatic rings. The maximum absolute atomic E-state index is 12.4. The van der Waals surface area contributed by atoms with Gasteiger partial charge in [0.2, 0.25) is 0 Å². The summed E-state index contributed by atoms with van der Waals surface area (Å²) in [6.45, 7) is 8.04. The highest BCUT2D eigenvalue weighted by atomic mass is 16.7. The van der Waals surface area contributed by atoms with Crippen molar-refractivity contribution < 1.29 is 19.0 Å². The molecular formula is C19H28N2O4. The molecule has 6 nitrogen and oxygen atoms in total. The number of carbonyl (C=O) groups is 1. The van der Waals surface area contributed by atoms with Gasteiger partial charge in [0.25, 0.3) is 0 Å². The summed E-state index contributed by atoms with van der Waals surface area (Å²) in [6, 6.07) is 7.83. The maximum atomic E-state index is 12.4. The third-order valence-corrected chi connectivity index (χ3v) is 4.55. The van der Waals surface area contributed by atoms with E-state index in [1.165, 1.54) is 0 Å². The van der Waals surface area contributed by atoms with Gasteiger partial charge in [-0.3, -0.25) is 0 Å². The fourth-order valence-corrected chi connectivity index (χ4v) is 3.13. The Balaban J connectivity index is 1.45. The van der Waals surface area contributed by atoms with Crippen molar-refractivity contribution in [1.82, 2.24) is 10.2 Å². The predicted molar refractivity (Wildman–Crippen MR) is 94.5 cm³/mol. The number of amides is 2. The molecule has 0 saturated carbocycles. The van der Waals surface area contributed by atoms with Gasteiger partial charge in [-0.15, -0.1) is 0 Å².